The highest BCUT2D eigenvalue weighted by Crippen LogP contribution is 2.01. The molecular formula is C9H18N4O. The summed E-state index contributed by atoms with van der Waals surface area (Å²) in [5.74, 6) is 5.41. The number of aryl methyl sites for hydroxylation is 1. The minimum absolute atomic E-state index is 0.152. The van der Waals surface area contributed by atoms with E-state index in [2.05, 4.69) is 10.5 Å². The lowest BCUT2D eigenvalue weighted by Gasteiger charge is -2.14. The molecule has 0 saturated heterocycles. The van der Waals surface area contributed by atoms with E-state index in [-0.39, 0.29) is 6.04 Å². The minimum Gasteiger partial charge on any atom is -0.380 e. The predicted molar refractivity (Wildman–Crippen MR) is 54.5 cm³/mol. The predicted octanol–water partition coefficient (Wildman–Crippen LogP) is -0.169. The SMILES string of the molecule is CCOCC(Cc1cnn(C)c1)NN. The average Bonchev–Trinajstić information content (AvgIpc) is 2.58. The van der Waals surface area contributed by atoms with Crippen molar-refractivity contribution in [3.63, 3.8) is 0 Å². The fourth-order valence-corrected chi connectivity index (χ4v) is 1.29. The highest BCUT2D eigenvalue weighted by Gasteiger charge is 2.08. The number of aromatic nitrogens is 2. The monoisotopic (exact) mass is 198 g/mol. The van der Waals surface area contributed by atoms with Gasteiger partial charge in [0, 0.05) is 25.9 Å². The van der Waals surface area contributed by atoms with Crippen LogP contribution in [0.25, 0.3) is 0 Å². The van der Waals surface area contributed by atoms with Gasteiger partial charge < -0.3 is 4.74 Å². The summed E-state index contributed by atoms with van der Waals surface area (Å²) in [6.45, 7) is 3.31. The first-order valence-corrected chi connectivity index (χ1v) is 4.77. The van der Waals surface area contributed by atoms with Crippen LogP contribution < -0.4 is 11.3 Å². The molecule has 5 heteroatoms. The molecule has 0 saturated carbocycles. The lowest BCUT2D eigenvalue weighted by Crippen LogP contribution is -2.40. The first-order chi connectivity index (χ1) is 6.76. The van der Waals surface area contributed by atoms with Crippen LogP contribution in [0.2, 0.25) is 0 Å². The molecule has 0 spiro atoms. The van der Waals surface area contributed by atoms with E-state index in [0.717, 1.165) is 12.0 Å². The van der Waals surface area contributed by atoms with Crippen molar-refractivity contribution in [3.05, 3.63) is 18.0 Å². The number of hydrazine groups is 1. The number of nitrogens with zero attached hydrogens (tertiary/aromatic N) is 2. The van der Waals surface area contributed by atoms with Crippen LogP contribution in [-0.2, 0) is 18.2 Å². The third kappa shape index (κ3) is 3.45. The minimum atomic E-state index is 0.152. The van der Waals surface area contributed by atoms with E-state index in [1.54, 1.807) is 4.68 Å². The van der Waals surface area contributed by atoms with Crippen LogP contribution in [0, 0.1) is 0 Å². The number of nitrogens with two attached hydrogens (primary N) is 1. The summed E-state index contributed by atoms with van der Waals surface area (Å²) in [4.78, 5) is 0. The zero-order valence-corrected chi connectivity index (χ0v) is 8.73. The van der Waals surface area contributed by atoms with Crippen molar-refractivity contribution >= 4 is 0 Å². The molecule has 1 aromatic heterocycles. The summed E-state index contributed by atoms with van der Waals surface area (Å²) < 4.78 is 7.08. The summed E-state index contributed by atoms with van der Waals surface area (Å²) in [6, 6.07) is 0.152. The molecular weight excluding hydrogens is 180 g/mol. The number of hydrogen-bond acceptors (Lipinski definition) is 4. The zero-order chi connectivity index (χ0) is 10.4. The zero-order valence-electron chi connectivity index (χ0n) is 8.73. The summed E-state index contributed by atoms with van der Waals surface area (Å²) in [5, 5.41) is 4.09. The first-order valence-electron chi connectivity index (χ1n) is 4.77. The van der Waals surface area contributed by atoms with Gasteiger partial charge in [-0.25, -0.2) is 0 Å². The van der Waals surface area contributed by atoms with Gasteiger partial charge in [0.05, 0.1) is 12.8 Å². The molecule has 0 bridgehead atoms. The largest absolute Gasteiger partial charge is 0.380 e. The second kappa shape index (κ2) is 5.74. The standard InChI is InChI=1S/C9H18N4O/c1-3-14-7-9(12-10)4-8-5-11-13(2)6-8/h5-6,9,12H,3-4,7,10H2,1-2H3. The highest BCUT2D eigenvalue weighted by atomic mass is 16.5. The fourth-order valence-electron chi connectivity index (χ4n) is 1.29. The van der Waals surface area contributed by atoms with Crippen molar-refractivity contribution in [1.82, 2.24) is 15.2 Å². The molecule has 80 valence electrons. The molecule has 1 unspecified atom stereocenters. The van der Waals surface area contributed by atoms with E-state index >= 15 is 0 Å². The lowest BCUT2D eigenvalue weighted by atomic mass is 10.1. The van der Waals surface area contributed by atoms with Crippen molar-refractivity contribution in [2.24, 2.45) is 12.9 Å². The van der Waals surface area contributed by atoms with Crippen molar-refractivity contribution < 1.29 is 4.74 Å². The molecule has 14 heavy (non-hydrogen) atoms. The van der Waals surface area contributed by atoms with E-state index in [1.807, 2.05) is 26.4 Å². The van der Waals surface area contributed by atoms with Gasteiger partial charge in [0.25, 0.3) is 0 Å². The van der Waals surface area contributed by atoms with Crippen LogP contribution in [0.4, 0.5) is 0 Å². The maximum absolute atomic E-state index is 5.41. The first kappa shape index (κ1) is 11.2. The molecule has 0 fully saturated rings. The molecule has 0 aliphatic carbocycles. The van der Waals surface area contributed by atoms with Gasteiger partial charge in [0.2, 0.25) is 0 Å². The summed E-state index contributed by atoms with van der Waals surface area (Å²) >= 11 is 0. The van der Waals surface area contributed by atoms with Gasteiger partial charge in [0.1, 0.15) is 0 Å². The molecule has 0 aliphatic heterocycles. The Hall–Kier alpha value is -0.910. The van der Waals surface area contributed by atoms with Gasteiger partial charge >= 0.3 is 0 Å². The van der Waals surface area contributed by atoms with Crippen LogP contribution in [0.5, 0.6) is 0 Å². The molecule has 3 N–H and O–H groups in total. The topological polar surface area (TPSA) is 65.1 Å². The molecule has 1 atom stereocenters. The number of ether oxygens (including phenoxy) is 1. The van der Waals surface area contributed by atoms with Crippen molar-refractivity contribution in [3.8, 4) is 0 Å². The lowest BCUT2D eigenvalue weighted by molar-refractivity contribution is 0.123. The van der Waals surface area contributed by atoms with Crippen molar-refractivity contribution in [1.29, 1.82) is 0 Å². The van der Waals surface area contributed by atoms with E-state index in [0.29, 0.717) is 13.2 Å². The summed E-state index contributed by atoms with van der Waals surface area (Å²) in [5.41, 5.74) is 3.89. The third-order valence-electron chi connectivity index (χ3n) is 2.00. The number of rotatable bonds is 6. The normalized spacial score (nSPS) is 13.1. The average molecular weight is 198 g/mol. The van der Waals surface area contributed by atoms with E-state index in [4.69, 9.17) is 10.6 Å². The fraction of sp³-hybridized carbons (Fsp3) is 0.667. The maximum Gasteiger partial charge on any atom is 0.0636 e. The molecule has 1 aromatic rings. The van der Waals surface area contributed by atoms with E-state index in [1.165, 1.54) is 0 Å². The van der Waals surface area contributed by atoms with E-state index < -0.39 is 0 Å². The van der Waals surface area contributed by atoms with Gasteiger partial charge in [0.15, 0.2) is 0 Å². The highest BCUT2D eigenvalue weighted by molar-refractivity contribution is 5.05. The molecule has 0 radical (unpaired) electrons. The number of hydrogen-bond donors (Lipinski definition) is 2. The maximum atomic E-state index is 5.41. The van der Waals surface area contributed by atoms with Crippen LogP contribution in [0.15, 0.2) is 12.4 Å². The Bertz CT molecular complexity index is 261. The van der Waals surface area contributed by atoms with Gasteiger partial charge in [-0.1, -0.05) is 0 Å². The van der Waals surface area contributed by atoms with E-state index in [9.17, 15) is 0 Å². The Kier molecular flexibility index (Phi) is 4.58. The Morgan fingerprint density at radius 2 is 2.50 bits per heavy atom. The smallest absolute Gasteiger partial charge is 0.0636 e. The Balaban J connectivity index is 2.40. The van der Waals surface area contributed by atoms with Gasteiger partial charge in [-0.15, -0.1) is 0 Å². The Labute approximate surface area is 84.2 Å². The molecule has 1 heterocycles. The van der Waals surface area contributed by atoms with Gasteiger partial charge in [-0.2, -0.15) is 5.10 Å². The van der Waals surface area contributed by atoms with Crippen LogP contribution in [0.1, 0.15) is 12.5 Å². The molecule has 0 amide bonds. The second-order valence-electron chi connectivity index (χ2n) is 3.25. The quantitative estimate of drug-likeness (QED) is 0.492. The molecule has 1 rings (SSSR count). The van der Waals surface area contributed by atoms with Crippen LogP contribution in [0.3, 0.4) is 0 Å². The second-order valence-corrected chi connectivity index (χ2v) is 3.25. The molecule has 0 aromatic carbocycles. The Morgan fingerprint density at radius 1 is 1.71 bits per heavy atom. The third-order valence-corrected chi connectivity index (χ3v) is 2.00. The Morgan fingerprint density at radius 3 is 3.00 bits per heavy atom. The summed E-state index contributed by atoms with van der Waals surface area (Å²) in [6.07, 6.45) is 4.66. The van der Waals surface area contributed by atoms with Gasteiger partial charge in [-0.3, -0.25) is 16.0 Å². The van der Waals surface area contributed by atoms with Crippen LogP contribution >= 0.6 is 0 Å². The van der Waals surface area contributed by atoms with Crippen molar-refractivity contribution in [2.75, 3.05) is 13.2 Å². The molecule has 5 nitrogen and oxygen atoms in total. The van der Waals surface area contributed by atoms with Crippen molar-refractivity contribution in [2.45, 2.75) is 19.4 Å². The summed E-state index contributed by atoms with van der Waals surface area (Å²) in [7, 11) is 1.90. The molecule has 0 aliphatic rings. The van der Waals surface area contributed by atoms with Gasteiger partial charge in [-0.05, 0) is 18.9 Å². The van der Waals surface area contributed by atoms with Crippen LogP contribution in [-0.4, -0.2) is 29.0 Å². The number of nitrogens with one attached hydrogen (secondary N) is 1.